The predicted molar refractivity (Wildman–Crippen MR) is 158 cm³/mol. The topological polar surface area (TPSA) is 103 Å². The zero-order valence-electron chi connectivity index (χ0n) is 24.9. The lowest BCUT2D eigenvalue weighted by atomic mass is 9.98. The van der Waals surface area contributed by atoms with Crippen LogP contribution in [-0.4, -0.2) is 61.7 Å². The summed E-state index contributed by atoms with van der Waals surface area (Å²) in [6, 6.07) is 15.0. The second kappa shape index (κ2) is 16.1. The van der Waals surface area contributed by atoms with Crippen LogP contribution in [0.4, 0.5) is 0 Å². The SMILES string of the molecule is CCCOCCNC(=O)COc1cc(C(=O)NC(C)(C)CCOC(C)(C)CCC(C)=O)cc(-c2ccccc2)c1. The Hall–Kier alpha value is -3.23. The van der Waals surface area contributed by atoms with E-state index in [1.807, 2.05) is 77.1 Å². The molecule has 2 amide bonds. The fourth-order valence-electron chi connectivity index (χ4n) is 3.89. The van der Waals surface area contributed by atoms with Crippen molar-refractivity contribution in [1.82, 2.24) is 10.6 Å². The summed E-state index contributed by atoms with van der Waals surface area (Å²) in [5.41, 5.74) is 1.21. The first-order valence-electron chi connectivity index (χ1n) is 14.0. The fraction of sp³-hybridized carbons (Fsp3) is 0.531. The standard InChI is InChI=1S/C32H46N2O6/c1-7-17-38-19-16-33-29(36)23-39-28-21-26(25-11-9-8-10-12-25)20-27(22-28)30(37)34-31(3,4)15-18-40-32(5,6)14-13-24(2)35/h8-12,20-22H,7,13-19,23H2,1-6H3,(H,33,36)(H,34,37). The lowest BCUT2D eigenvalue weighted by molar-refractivity contribution is -0.123. The molecule has 0 unspecified atom stereocenters. The molecule has 0 aliphatic heterocycles. The maximum absolute atomic E-state index is 13.4. The number of nitrogens with one attached hydrogen (secondary N) is 2. The van der Waals surface area contributed by atoms with E-state index in [0.29, 0.717) is 56.9 Å². The Balaban J connectivity index is 2.06. The van der Waals surface area contributed by atoms with Crippen LogP contribution in [0, 0.1) is 0 Å². The summed E-state index contributed by atoms with van der Waals surface area (Å²) in [5, 5.41) is 5.88. The largest absolute Gasteiger partial charge is 0.484 e. The highest BCUT2D eigenvalue weighted by molar-refractivity contribution is 5.96. The van der Waals surface area contributed by atoms with E-state index in [9.17, 15) is 14.4 Å². The van der Waals surface area contributed by atoms with Crippen molar-refractivity contribution in [1.29, 1.82) is 0 Å². The second-order valence-electron chi connectivity index (χ2n) is 11.3. The van der Waals surface area contributed by atoms with Gasteiger partial charge in [0.25, 0.3) is 11.8 Å². The number of benzene rings is 2. The predicted octanol–water partition coefficient (Wildman–Crippen LogP) is 5.34. The normalized spacial score (nSPS) is 11.7. The van der Waals surface area contributed by atoms with Crippen molar-refractivity contribution in [2.24, 2.45) is 0 Å². The molecule has 0 heterocycles. The molecule has 2 N–H and O–H groups in total. The number of amides is 2. The molecule has 220 valence electrons. The van der Waals surface area contributed by atoms with Crippen LogP contribution < -0.4 is 15.4 Å². The summed E-state index contributed by atoms with van der Waals surface area (Å²) in [5.74, 6) is 0.0600. The van der Waals surface area contributed by atoms with Crippen molar-refractivity contribution in [2.75, 3.05) is 33.0 Å². The van der Waals surface area contributed by atoms with Crippen molar-refractivity contribution in [3.8, 4) is 16.9 Å². The van der Waals surface area contributed by atoms with Crippen molar-refractivity contribution >= 4 is 17.6 Å². The van der Waals surface area contributed by atoms with Gasteiger partial charge in [-0.3, -0.25) is 9.59 Å². The monoisotopic (exact) mass is 554 g/mol. The number of carbonyl (C=O) groups is 3. The summed E-state index contributed by atoms with van der Waals surface area (Å²) >= 11 is 0. The van der Waals surface area contributed by atoms with Crippen LogP contribution in [0.25, 0.3) is 11.1 Å². The zero-order valence-corrected chi connectivity index (χ0v) is 24.9. The van der Waals surface area contributed by atoms with E-state index >= 15 is 0 Å². The Morgan fingerprint density at radius 1 is 0.875 bits per heavy atom. The van der Waals surface area contributed by atoms with E-state index < -0.39 is 11.1 Å². The highest BCUT2D eigenvalue weighted by Crippen LogP contribution is 2.27. The molecule has 8 nitrogen and oxygen atoms in total. The van der Waals surface area contributed by atoms with Gasteiger partial charge in [0.15, 0.2) is 6.61 Å². The lowest BCUT2D eigenvalue weighted by Gasteiger charge is -2.30. The molecule has 2 aromatic carbocycles. The number of Topliss-reactive ketones (excluding diaryl/α,β-unsaturated/α-hetero) is 1. The molecule has 0 aliphatic rings. The van der Waals surface area contributed by atoms with Gasteiger partial charge in [0, 0.05) is 37.3 Å². The molecule has 40 heavy (non-hydrogen) atoms. The summed E-state index contributed by atoms with van der Waals surface area (Å²) in [6.07, 6.45) is 2.64. The van der Waals surface area contributed by atoms with Gasteiger partial charge < -0.3 is 29.6 Å². The summed E-state index contributed by atoms with van der Waals surface area (Å²) in [6.45, 7) is 13.2. The fourth-order valence-corrected chi connectivity index (χ4v) is 3.89. The second-order valence-corrected chi connectivity index (χ2v) is 11.3. The Morgan fingerprint density at radius 3 is 2.27 bits per heavy atom. The van der Waals surface area contributed by atoms with Gasteiger partial charge in [0.05, 0.1) is 12.2 Å². The van der Waals surface area contributed by atoms with Crippen molar-refractivity contribution in [3.05, 3.63) is 54.1 Å². The smallest absolute Gasteiger partial charge is 0.258 e. The van der Waals surface area contributed by atoms with Crippen LogP contribution in [-0.2, 0) is 19.1 Å². The van der Waals surface area contributed by atoms with Gasteiger partial charge in [0.2, 0.25) is 0 Å². The Kier molecular flexibility index (Phi) is 13.3. The first kappa shape index (κ1) is 33.0. The average molecular weight is 555 g/mol. The molecule has 0 saturated heterocycles. The van der Waals surface area contributed by atoms with Crippen molar-refractivity contribution < 1.29 is 28.6 Å². The third-order valence-electron chi connectivity index (χ3n) is 6.31. The first-order chi connectivity index (χ1) is 18.9. The van der Waals surface area contributed by atoms with Gasteiger partial charge in [-0.25, -0.2) is 0 Å². The van der Waals surface area contributed by atoms with Crippen LogP contribution in [0.1, 0.15) is 77.6 Å². The molecule has 0 radical (unpaired) electrons. The van der Waals surface area contributed by atoms with E-state index in [1.54, 1.807) is 13.0 Å². The number of hydrogen-bond acceptors (Lipinski definition) is 6. The molecule has 0 saturated carbocycles. The number of hydrogen-bond donors (Lipinski definition) is 2. The minimum Gasteiger partial charge on any atom is -0.484 e. The molecular weight excluding hydrogens is 508 g/mol. The highest BCUT2D eigenvalue weighted by atomic mass is 16.5. The van der Waals surface area contributed by atoms with Gasteiger partial charge in [-0.05, 0) is 83.2 Å². The van der Waals surface area contributed by atoms with E-state index in [4.69, 9.17) is 14.2 Å². The molecule has 0 fully saturated rings. The van der Waals surface area contributed by atoms with E-state index in [1.165, 1.54) is 0 Å². The minimum absolute atomic E-state index is 0.142. The third kappa shape index (κ3) is 12.7. The van der Waals surface area contributed by atoms with Crippen molar-refractivity contribution in [2.45, 2.75) is 78.4 Å². The average Bonchev–Trinajstić information content (AvgIpc) is 2.90. The van der Waals surface area contributed by atoms with E-state index in [2.05, 4.69) is 10.6 Å². The van der Waals surface area contributed by atoms with Crippen LogP contribution >= 0.6 is 0 Å². The molecule has 0 aliphatic carbocycles. The molecule has 0 atom stereocenters. The Bertz CT molecular complexity index is 1100. The summed E-state index contributed by atoms with van der Waals surface area (Å²) in [4.78, 5) is 36.9. The molecule has 2 aromatic rings. The van der Waals surface area contributed by atoms with E-state index in [0.717, 1.165) is 17.5 Å². The van der Waals surface area contributed by atoms with Gasteiger partial charge in [0.1, 0.15) is 11.5 Å². The number of rotatable bonds is 18. The number of ketones is 1. The summed E-state index contributed by atoms with van der Waals surface area (Å²) in [7, 11) is 0. The summed E-state index contributed by atoms with van der Waals surface area (Å²) < 4.78 is 17.2. The molecule has 8 heteroatoms. The zero-order chi connectivity index (χ0) is 29.6. The van der Waals surface area contributed by atoms with Crippen LogP contribution in [0.15, 0.2) is 48.5 Å². The first-order valence-corrected chi connectivity index (χ1v) is 14.0. The molecule has 2 rings (SSSR count). The molecule has 0 spiro atoms. The highest BCUT2D eigenvalue weighted by Gasteiger charge is 2.25. The minimum atomic E-state index is -0.544. The van der Waals surface area contributed by atoms with Gasteiger partial charge >= 0.3 is 0 Å². The number of carbonyl (C=O) groups excluding carboxylic acids is 3. The van der Waals surface area contributed by atoms with Crippen LogP contribution in [0.3, 0.4) is 0 Å². The van der Waals surface area contributed by atoms with Gasteiger partial charge in [-0.15, -0.1) is 0 Å². The quantitative estimate of drug-likeness (QED) is 0.241. The number of ether oxygens (including phenoxy) is 3. The van der Waals surface area contributed by atoms with Crippen LogP contribution in [0.5, 0.6) is 5.75 Å². The Labute approximate surface area is 239 Å². The molecular formula is C32H46N2O6. The van der Waals surface area contributed by atoms with Gasteiger partial charge in [-0.2, -0.15) is 0 Å². The van der Waals surface area contributed by atoms with E-state index in [-0.39, 0.29) is 24.2 Å². The van der Waals surface area contributed by atoms with Crippen LogP contribution in [0.2, 0.25) is 0 Å². The third-order valence-corrected chi connectivity index (χ3v) is 6.31. The molecule has 0 bridgehead atoms. The Morgan fingerprint density at radius 2 is 1.60 bits per heavy atom. The lowest BCUT2D eigenvalue weighted by Crippen LogP contribution is -2.44. The van der Waals surface area contributed by atoms with Crippen molar-refractivity contribution in [3.63, 3.8) is 0 Å². The van der Waals surface area contributed by atoms with Gasteiger partial charge in [-0.1, -0.05) is 37.3 Å². The molecule has 0 aromatic heterocycles. The maximum Gasteiger partial charge on any atom is 0.258 e. The maximum atomic E-state index is 13.4.